The van der Waals surface area contributed by atoms with Crippen LogP contribution in [0.1, 0.15) is 52.4 Å². The molecule has 0 aromatic heterocycles. The maximum absolute atomic E-state index is 11.8. The van der Waals surface area contributed by atoms with Crippen LogP contribution in [0.2, 0.25) is 0 Å². The van der Waals surface area contributed by atoms with Crippen molar-refractivity contribution in [1.82, 2.24) is 0 Å². The molecule has 0 aromatic rings. The number of carbonyl (C=O) groups excluding carboxylic acids is 1. The van der Waals surface area contributed by atoms with Gasteiger partial charge in [0.2, 0.25) is 0 Å². The van der Waals surface area contributed by atoms with Crippen LogP contribution < -0.4 is 0 Å². The zero-order chi connectivity index (χ0) is 15.9. The van der Waals surface area contributed by atoms with Gasteiger partial charge in [0.15, 0.2) is 0 Å². The van der Waals surface area contributed by atoms with E-state index in [1.165, 1.54) is 11.8 Å². The van der Waals surface area contributed by atoms with Crippen LogP contribution in [0.15, 0.2) is 10.2 Å². The van der Waals surface area contributed by atoms with E-state index in [4.69, 9.17) is 4.74 Å². The summed E-state index contributed by atoms with van der Waals surface area (Å²) in [4.78, 5) is 31.6. The van der Waals surface area contributed by atoms with Crippen molar-refractivity contribution in [2.24, 2.45) is 5.92 Å². The lowest BCUT2D eigenvalue weighted by atomic mass is 10.1. The van der Waals surface area contributed by atoms with Crippen molar-refractivity contribution in [2.75, 3.05) is 12.4 Å². The van der Waals surface area contributed by atoms with E-state index in [9.17, 15) is 19.1 Å². The molecular weight excluding hydrogens is 311 g/mol. The summed E-state index contributed by atoms with van der Waals surface area (Å²) in [5.74, 6) is -0.260. The standard InChI is InChI=1S/C14H25O5PS/c1-3-5-6-7-8-13-12(20(16,17)18)9-11(10-21-13)14(15)19-4-2/h11H,3-10H2,1-2H3,(H2,16,17,18)/t11-/m0/s1. The molecule has 0 aromatic carbocycles. The Labute approximate surface area is 130 Å². The van der Waals surface area contributed by atoms with E-state index in [-0.39, 0.29) is 17.7 Å². The molecule has 1 aliphatic heterocycles. The molecule has 0 unspecified atom stereocenters. The summed E-state index contributed by atoms with van der Waals surface area (Å²) in [5.41, 5.74) is 0. The van der Waals surface area contributed by atoms with Gasteiger partial charge in [-0.2, -0.15) is 0 Å². The number of hydrogen-bond acceptors (Lipinski definition) is 4. The predicted molar refractivity (Wildman–Crippen MR) is 85.0 cm³/mol. The fourth-order valence-electron chi connectivity index (χ4n) is 2.31. The van der Waals surface area contributed by atoms with Crippen molar-refractivity contribution in [2.45, 2.75) is 52.4 Å². The Bertz CT molecular complexity index is 429. The number of carbonyl (C=O) groups is 1. The molecule has 122 valence electrons. The molecule has 7 heteroatoms. The third kappa shape index (κ3) is 6.15. The van der Waals surface area contributed by atoms with E-state index >= 15 is 0 Å². The second-order valence-electron chi connectivity index (χ2n) is 5.19. The van der Waals surface area contributed by atoms with Crippen molar-refractivity contribution in [1.29, 1.82) is 0 Å². The van der Waals surface area contributed by atoms with Crippen molar-refractivity contribution < 1.29 is 23.9 Å². The number of hydrogen-bond donors (Lipinski definition) is 2. The molecule has 0 saturated carbocycles. The molecule has 0 aliphatic carbocycles. The Morgan fingerprint density at radius 1 is 1.33 bits per heavy atom. The van der Waals surface area contributed by atoms with E-state index in [0.717, 1.165) is 30.6 Å². The number of esters is 1. The maximum Gasteiger partial charge on any atom is 0.353 e. The summed E-state index contributed by atoms with van der Waals surface area (Å²) in [6, 6.07) is 0. The van der Waals surface area contributed by atoms with Gasteiger partial charge in [-0.25, -0.2) is 0 Å². The van der Waals surface area contributed by atoms with E-state index in [1.807, 2.05) is 0 Å². The van der Waals surface area contributed by atoms with Gasteiger partial charge >= 0.3 is 13.6 Å². The van der Waals surface area contributed by atoms with Gasteiger partial charge < -0.3 is 14.5 Å². The highest BCUT2D eigenvalue weighted by Gasteiger charge is 2.35. The molecule has 1 rings (SSSR count). The van der Waals surface area contributed by atoms with Crippen LogP contribution in [0.5, 0.6) is 0 Å². The number of thioether (sulfide) groups is 1. The first-order chi connectivity index (χ1) is 9.90. The van der Waals surface area contributed by atoms with Gasteiger partial charge in [-0.15, -0.1) is 11.8 Å². The van der Waals surface area contributed by atoms with Crippen LogP contribution in [0.25, 0.3) is 0 Å². The number of ether oxygens (including phenoxy) is 1. The van der Waals surface area contributed by atoms with Crippen LogP contribution in [-0.2, 0) is 14.1 Å². The van der Waals surface area contributed by atoms with E-state index in [0.29, 0.717) is 18.8 Å². The largest absolute Gasteiger partial charge is 0.466 e. The Kier molecular flexibility index (Phi) is 8.03. The maximum atomic E-state index is 11.8. The highest BCUT2D eigenvalue weighted by atomic mass is 32.2. The predicted octanol–water partition coefficient (Wildman–Crippen LogP) is 3.66. The molecule has 1 atom stereocenters. The first-order valence-corrected chi connectivity index (χ1v) is 10.1. The highest BCUT2D eigenvalue weighted by molar-refractivity contribution is 8.03. The monoisotopic (exact) mass is 336 g/mol. The molecule has 1 aliphatic rings. The van der Waals surface area contributed by atoms with Gasteiger partial charge in [-0.1, -0.05) is 26.2 Å². The van der Waals surface area contributed by atoms with Crippen LogP contribution in [0, 0.1) is 5.92 Å². The average Bonchev–Trinajstić information content (AvgIpc) is 2.43. The molecule has 5 nitrogen and oxygen atoms in total. The van der Waals surface area contributed by atoms with Gasteiger partial charge in [0.25, 0.3) is 0 Å². The minimum absolute atomic E-state index is 0.124. The van der Waals surface area contributed by atoms with Crippen molar-refractivity contribution in [3.8, 4) is 0 Å². The normalized spacial score (nSPS) is 19.7. The van der Waals surface area contributed by atoms with Crippen molar-refractivity contribution >= 4 is 25.3 Å². The molecule has 0 saturated heterocycles. The Balaban J connectivity index is 2.76. The van der Waals surface area contributed by atoms with Crippen LogP contribution in [0.3, 0.4) is 0 Å². The lowest BCUT2D eigenvalue weighted by Gasteiger charge is -2.26. The fraction of sp³-hybridized carbons (Fsp3) is 0.786. The summed E-state index contributed by atoms with van der Waals surface area (Å²) in [7, 11) is -4.30. The zero-order valence-electron chi connectivity index (χ0n) is 12.7. The smallest absolute Gasteiger partial charge is 0.353 e. The van der Waals surface area contributed by atoms with Gasteiger partial charge in [-0.05, 0) is 31.1 Å². The van der Waals surface area contributed by atoms with Crippen LogP contribution in [0.4, 0.5) is 0 Å². The van der Waals surface area contributed by atoms with E-state index in [1.54, 1.807) is 6.92 Å². The lowest BCUT2D eigenvalue weighted by Crippen LogP contribution is -2.23. The molecule has 0 fully saturated rings. The highest BCUT2D eigenvalue weighted by Crippen LogP contribution is 2.55. The second kappa shape index (κ2) is 8.99. The Morgan fingerprint density at radius 3 is 2.62 bits per heavy atom. The first kappa shape index (κ1) is 18.8. The molecule has 0 bridgehead atoms. The molecule has 0 radical (unpaired) electrons. The molecule has 21 heavy (non-hydrogen) atoms. The molecule has 0 spiro atoms. The van der Waals surface area contributed by atoms with Gasteiger partial charge in [0.1, 0.15) is 0 Å². The van der Waals surface area contributed by atoms with Crippen LogP contribution in [-0.4, -0.2) is 28.1 Å². The van der Waals surface area contributed by atoms with Gasteiger partial charge in [0.05, 0.1) is 17.8 Å². The minimum Gasteiger partial charge on any atom is -0.466 e. The average molecular weight is 336 g/mol. The molecule has 2 N–H and O–H groups in total. The Morgan fingerprint density at radius 2 is 2.05 bits per heavy atom. The van der Waals surface area contributed by atoms with Gasteiger partial charge in [-0.3, -0.25) is 9.36 Å². The third-order valence-corrected chi connectivity index (χ3v) is 6.12. The summed E-state index contributed by atoms with van der Waals surface area (Å²) in [6.07, 6.45) is 5.08. The second-order valence-corrected chi connectivity index (χ2v) is 7.93. The minimum atomic E-state index is -4.30. The van der Waals surface area contributed by atoms with Crippen molar-refractivity contribution in [3.63, 3.8) is 0 Å². The van der Waals surface area contributed by atoms with E-state index < -0.39 is 13.5 Å². The molecule has 0 amide bonds. The number of rotatable bonds is 8. The van der Waals surface area contributed by atoms with E-state index in [2.05, 4.69) is 6.92 Å². The summed E-state index contributed by atoms with van der Waals surface area (Å²) in [5, 5.41) is 0.147. The Hall–Kier alpha value is -0.290. The summed E-state index contributed by atoms with van der Waals surface area (Å²) in [6.45, 7) is 4.14. The molecule has 1 heterocycles. The molecular formula is C14H25O5PS. The van der Waals surface area contributed by atoms with Crippen LogP contribution >= 0.6 is 19.4 Å². The number of allylic oxidation sites excluding steroid dienone is 2. The fourth-order valence-corrected chi connectivity index (χ4v) is 4.95. The third-order valence-electron chi connectivity index (χ3n) is 3.45. The first-order valence-electron chi connectivity index (χ1n) is 7.47. The van der Waals surface area contributed by atoms with Crippen molar-refractivity contribution in [3.05, 3.63) is 10.2 Å². The zero-order valence-corrected chi connectivity index (χ0v) is 14.4. The topological polar surface area (TPSA) is 83.8 Å². The summed E-state index contributed by atoms with van der Waals surface area (Å²) >= 11 is 1.41. The quantitative estimate of drug-likeness (QED) is 0.400. The summed E-state index contributed by atoms with van der Waals surface area (Å²) < 4.78 is 16.6. The number of unbranched alkanes of at least 4 members (excludes halogenated alkanes) is 3. The van der Waals surface area contributed by atoms with Gasteiger partial charge in [0, 0.05) is 5.75 Å². The lowest BCUT2D eigenvalue weighted by molar-refractivity contribution is -0.147. The SMILES string of the molecule is CCCCCCC1=C(P(=O)(O)O)C[C@H](C(=O)OCC)CS1.